The van der Waals surface area contributed by atoms with Crippen LogP contribution in [0.2, 0.25) is 0 Å². The number of carbonyl (C=O) groups is 2. The summed E-state index contributed by atoms with van der Waals surface area (Å²) >= 11 is 1.54. The van der Waals surface area contributed by atoms with Crippen LogP contribution in [0.1, 0.15) is 68.9 Å². The average molecular weight is 794 g/mol. The number of methoxy groups -OCH3 is 2. The number of nitrogens with one attached hydrogen (secondary N) is 2. The van der Waals surface area contributed by atoms with Gasteiger partial charge in [-0.2, -0.15) is 5.26 Å². The molecule has 1 aromatic heterocycles. The first kappa shape index (κ1) is 36.2. The summed E-state index contributed by atoms with van der Waals surface area (Å²) in [7, 11) is 5.19. The Labute approximate surface area is 333 Å². The van der Waals surface area contributed by atoms with Gasteiger partial charge >= 0.3 is 11.9 Å². The Kier molecular flexibility index (Phi) is 8.22. The second kappa shape index (κ2) is 12.9. The van der Waals surface area contributed by atoms with Gasteiger partial charge in [-0.05, 0) is 62.6 Å². The molecular formula is C42H43N5O9S. The van der Waals surface area contributed by atoms with E-state index in [-0.39, 0.29) is 30.9 Å². The van der Waals surface area contributed by atoms with Crippen molar-refractivity contribution in [2.75, 3.05) is 47.0 Å². The molecule has 8 heterocycles. The van der Waals surface area contributed by atoms with Gasteiger partial charge in [0, 0.05) is 70.5 Å². The van der Waals surface area contributed by atoms with Gasteiger partial charge < -0.3 is 38.5 Å². The number of carbonyl (C=O) groups excluding carboxylic acids is 2. The number of piperazine rings is 1. The predicted octanol–water partition coefficient (Wildman–Crippen LogP) is 4.76. The van der Waals surface area contributed by atoms with E-state index in [9.17, 15) is 20.0 Å². The third kappa shape index (κ3) is 4.87. The molecule has 7 aliphatic rings. The van der Waals surface area contributed by atoms with Crippen LogP contribution < -0.4 is 29.0 Å². The van der Waals surface area contributed by atoms with E-state index in [4.69, 9.17) is 28.4 Å². The van der Waals surface area contributed by atoms with Crippen LogP contribution in [0.25, 0.3) is 10.9 Å². The van der Waals surface area contributed by atoms with Crippen LogP contribution >= 0.6 is 11.8 Å². The number of thioether (sulfide) groups is 1. The lowest BCUT2D eigenvalue weighted by Gasteiger charge is -2.62. The Bertz CT molecular complexity index is 2460. The molecule has 11 rings (SSSR count). The Balaban J connectivity index is 1.24. The maximum Gasteiger partial charge on any atom is 0.333 e. The lowest BCUT2D eigenvalue weighted by Crippen LogP contribution is -2.69. The van der Waals surface area contributed by atoms with Crippen molar-refractivity contribution < 1.29 is 43.1 Å². The maximum absolute atomic E-state index is 14.9. The molecule has 0 radical (unpaired) electrons. The molecule has 4 aromatic rings. The molecule has 0 saturated carbocycles. The number of hydrogen-bond acceptors (Lipinski definition) is 14. The number of nitrogens with zero attached hydrogens (tertiary/aromatic N) is 3. The van der Waals surface area contributed by atoms with Crippen LogP contribution in [0.4, 0.5) is 0 Å². The van der Waals surface area contributed by atoms with Gasteiger partial charge in [-0.15, -0.1) is 11.8 Å². The normalized spacial score (nSPS) is 28.5. The SMILES string of the molecule is COc1ccc2c3c([nH]c2c1)[C@@]1(CS[C@@H]2c4c(OC(C)=O)c(C)c5c(c4[C@H](COC1=O)N1C2[C@@H]2c4c(cc(C)c(OC)c4O)C[C@H]([C@@H]1C#N)N2C)OCO5)NCC3. The largest absolute Gasteiger partial charge is 0.504 e. The molecule has 296 valence electrons. The summed E-state index contributed by atoms with van der Waals surface area (Å²) in [5, 5.41) is 27.4. The van der Waals surface area contributed by atoms with E-state index >= 15 is 0 Å². The summed E-state index contributed by atoms with van der Waals surface area (Å²) in [6.45, 7) is 5.49. The molecule has 2 saturated heterocycles. The Morgan fingerprint density at radius 3 is 2.65 bits per heavy atom. The Morgan fingerprint density at radius 2 is 1.89 bits per heavy atom. The number of esters is 2. The predicted molar refractivity (Wildman–Crippen MR) is 208 cm³/mol. The zero-order chi connectivity index (χ0) is 39.7. The minimum atomic E-state index is -1.29. The number of H-pyrrole nitrogens is 1. The fraction of sp³-hybridized carbons (Fsp3) is 0.452. The van der Waals surface area contributed by atoms with E-state index in [1.165, 1.54) is 18.7 Å². The fourth-order valence-electron chi connectivity index (χ4n) is 10.8. The Hall–Kier alpha value is -5.14. The topological polar surface area (TPSA) is 168 Å². The van der Waals surface area contributed by atoms with Gasteiger partial charge in [0.15, 0.2) is 28.5 Å². The van der Waals surface area contributed by atoms with Crippen molar-refractivity contribution in [1.29, 1.82) is 5.26 Å². The average Bonchev–Trinajstić information content (AvgIpc) is 3.84. The molecule has 1 unspecified atom stereocenters. The minimum Gasteiger partial charge on any atom is -0.504 e. The monoisotopic (exact) mass is 793 g/mol. The summed E-state index contributed by atoms with van der Waals surface area (Å²) in [4.78, 5) is 35.9. The number of rotatable bonds is 3. The van der Waals surface area contributed by atoms with E-state index in [1.54, 1.807) is 14.2 Å². The molecule has 2 fully saturated rings. The quantitative estimate of drug-likeness (QED) is 0.192. The van der Waals surface area contributed by atoms with Crippen LogP contribution in [0.5, 0.6) is 34.5 Å². The number of fused-ring (bicyclic) bond motifs is 11. The highest BCUT2D eigenvalue weighted by Gasteiger charge is 2.62. The number of phenolic OH excluding ortho intramolecular Hbond substituents is 1. The zero-order valence-electron chi connectivity index (χ0n) is 32.5. The second-order valence-electron chi connectivity index (χ2n) is 15.8. The van der Waals surface area contributed by atoms with Gasteiger partial charge in [0.25, 0.3) is 0 Å². The molecule has 0 amide bonds. The molecule has 4 bridgehead atoms. The highest BCUT2D eigenvalue weighted by Crippen LogP contribution is 2.64. The number of aryl methyl sites for hydroxylation is 1. The molecule has 14 nitrogen and oxygen atoms in total. The number of likely N-dealkylation sites (N-methyl/N-ethyl adjacent to an activating group) is 1. The number of phenols is 1. The first-order valence-electron chi connectivity index (χ1n) is 19.2. The van der Waals surface area contributed by atoms with Crippen molar-refractivity contribution in [1.82, 2.24) is 20.1 Å². The standard InChI is InChI=1S/C42H43N5O9S/c1-18-11-21-12-26-27(14-43)47-28-15-53-41(50)42(40-24(9-10-44-42)23-8-7-22(51-5)13-25(23)45-40)16-57-39(33(47)32(46(26)4)29(21)34(49)35(18)52-6)31-30(28)38-37(54-17-55-38)19(2)36(31)56-20(3)48/h7-8,11,13,26-28,32-33,39,44-45,49H,9-10,12,15-17H2,1-6H3/t26-,27+,28+,32+,33?,39-,42-/m1/s1. The van der Waals surface area contributed by atoms with Gasteiger partial charge in [0.05, 0.1) is 43.3 Å². The highest BCUT2D eigenvalue weighted by atomic mass is 32.2. The van der Waals surface area contributed by atoms with Gasteiger partial charge in [0.1, 0.15) is 24.1 Å². The van der Waals surface area contributed by atoms with Crippen molar-refractivity contribution in [2.45, 2.75) is 74.6 Å². The summed E-state index contributed by atoms with van der Waals surface area (Å²) < 4.78 is 36.3. The molecular weight excluding hydrogens is 751 g/mol. The maximum atomic E-state index is 14.9. The van der Waals surface area contributed by atoms with Crippen molar-refractivity contribution in [3.63, 3.8) is 0 Å². The van der Waals surface area contributed by atoms with E-state index in [0.717, 1.165) is 44.4 Å². The number of benzene rings is 3. The van der Waals surface area contributed by atoms with Crippen LogP contribution in [0.15, 0.2) is 24.3 Å². The van der Waals surface area contributed by atoms with Gasteiger partial charge in [-0.25, -0.2) is 4.79 Å². The van der Waals surface area contributed by atoms with E-state index in [2.05, 4.69) is 32.2 Å². The number of nitriles is 1. The van der Waals surface area contributed by atoms with Gasteiger partial charge in [0.2, 0.25) is 6.79 Å². The molecule has 7 aliphatic heterocycles. The summed E-state index contributed by atoms with van der Waals surface area (Å²) in [6, 6.07) is 7.99. The van der Waals surface area contributed by atoms with Crippen molar-refractivity contribution in [3.05, 3.63) is 68.9 Å². The van der Waals surface area contributed by atoms with Crippen LogP contribution in [-0.2, 0) is 32.7 Å². The first-order chi connectivity index (χ1) is 27.5. The number of aromatic amines is 1. The second-order valence-corrected chi connectivity index (χ2v) is 16.9. The van der Waals surface area contributed by atoms with Gasteiger partial charge in [-0.3, -0.25) is 19.9 Å². The third-order valence-electron chi connectivity index (χ3n) is 13.1. The molecule has 15 heteroatoms. The number of ether oxygens (including phenoxy) is 6. The third-order valence-corrected chi connectivity index (χ3v) is 14.6. The van der Waals surface area contributed by atoms with Crippen molar-refractivity contribution in [2.24, 2.45) is 0 Å². The minimum absolute atomic E-state index is 0.0447. The van der Waals surface area contributed by atoms with E-state index < -0.39 is 46.9 Å². The smallest absolute Gasteiger partial charge is 0.333 e. The van der Waals surface area contributed by atoms with Crippen molar-refractivity contribution in [3.8, 4) is 40.6 Å². The van der Waals surface area contributed by atoms with Gasteiger partial charge in [-0.1, -0.05) is 6.07 Å². The fourth-order valence-corrected chi connectivity index (χ4v) is 12.4. The summed E-state index contributed by atoms with van der Waals surface area (Å²) in [5.41, 5.74) is 5.84. The molecule has 3 N–H and O–H groups in total. The molecule has 0 aliphatic carbocycles. The lowest BCUT2D eigenvalue weighted by atomic mass is 9.71. The summed E-state index contributed by atoms with van der Waals surface area (Å²) in [6.07, 6.45) is 1.20. The molecule has 7 atom stereocenters. The van der Waals surface area contributed by atoms with Crippen molar-refractivity contribution >= 4 is 34.6 Å². The van der Waals surface area contributed by atoms with Crippen LogP contribution in [0.3, 0.4) is 0 Å². The zero-order valence-corrected chi connectivity index (χ0v) is 33.3. The first-order valence-corrected chi connectivity index (χ1v) is 20.2. The van der Waals surface area contributed by atoms with E-state index in [1.807, 2.05) is 39.1 Å². The highest BCUT2D eigenvalue weighted by molar-refractivity contribution is 7.99. The number of aromatic nitrogens is 1. The Morgan fingerprint density at radius 1 is 1.09 bits per heavy atom. The molecule has 1 spiro atoms. The molecule has 3 aromatic carbocycles. The number of aromatic hydroxyl groups is 1. The van der Waals surface area contributed by atoms with E-state index in [0.29, 0.717) is 59.3 Å². The molecule has 57 heavy (non-hydrogen) atoms. The lowest BCUT2D eigenvalue weighted by molar-refractivity contribution is -0.157. The number of hydrogen-bond donors (Lipinski definition) is 3. The van der Waals surface area contributed by atoms with Crippen LogP contribution in [0, 0.1) is 25.2 Å². The summed E-state index contributed by atoms with van der Waals surface area (Å²) in [5.74, 6) is 1.73. The van der Waals surface area contributed by atoms with Crippen LogP contribution in [-0.4, -0.2) is 96.9 Å².